The highest BCUT2D eigenvalue weighted by Crippen LogP contribution is 2.22. The summed E-state index contributed by atoms with van der Waals surface area (Å²) in [5, 5.41) is 0. The summed E-state index contributed by atoms with van der Waals surface area (Å²) in [7, 11) is 0. The highest BCUT2D eigenvalue weighted by atomic mass is 127. The van der Waals surface area contributed by atoms with Crippen molar-refractivity contribution >= 4 is 39.6 Å². The number of hydrogen-bond acceptors (Lipinski definition) is 5. The molecule has 2 aromatic heterocycles. The molecule has 5 nitrogen and oxygen atoms in total. The lowest BCUT2D eigenvalue weighted by Gasteiger charge is -2.05. The molecule has 0 aliphatic heterocycles. The molecule has 0 amide bonds. The molecule has 6 heteroatoms. The Morgan fingerprint density at radius 1 is 1.16 bits per heavy atom. The highest BCUT2D eigenvalue weighted by Gasteiger charge is 2.08. The molecule has 0 saturated heterocycles. The van der Waals surface area contributed by atoms with Crippen LogP contribution in [0.3, 0.4) is 0 Å². The fraction of sp³-hybridized carbons (Fsp3) is 0.0769. The summed E-state index contributed by atoms with van der Waals surface area (Å²) in [6.07, 6.45) is 1.71. The summed E-state index contributed by atoms with van der Waals surface area (Å²) in [5.41, 5.74) is 8.72. The second-order valence-electron chi connectivity index (χ2n) is 4.09. The SMILES string of the molecule is Cc1nc(N)c2nc(-c3cccc(I)c3)cnc2n1. The molecule has 1 aromatic carbocycles. The molecule has 3 rings (SSSR count). The van der Waals surface area contributed by atoms with E-state index in [4.69, 9.17) is 5.73 Å². The van der Waals surface area contributed by atoms with Crippen molar-refractivity contribution in [3.63, 3.8) is 0 Å². The van der Waals surface area contributed by atoms with E-state index in [2.05, 4.69) is 42.5 Å². The largest absolute Gasteiger partial charge is 0.382 e. The van der Waals surface area contributed by atoms with Gasteiger partial charge in [0.15, 0.2) is 17.0 Å². The van der Waals surface area contributed by atoms with Crippen LogP contribution in [-0.4, -0.2) is 19.9 Å². The molecule has 94 valence electrons. The van der Waals surface area contributed by atoms with E-state index in [9.17, 15) is 0 Å². The molecular weight excluding hydrogens is 353 g/mol. The normalized spacial score (nSPS) is 10.8. The van der Waals surface area contributed by atoms with E-state index in [-0.39, 0.29) is 0 Å². The maximum atomic E-state index is 5.88. The van der Waals surface area contributed by atoms with Gasteiger partial charge in [0.1, 0.15) is 5.82 Å². The van der Waals surface area contributed by atoms with Crippen LogP contribution < -0.4 is 5.73 Å². The zero-order valence-corrected chi connectivity index (χ0v) is 12.3. The van der Waals surface area contributed by atoms with Gasteiger partial charge in [0.25, 0.3) is 0 Å². The van der Waals surface area contributed by atoms with Crippen LogP contribution in [0.25, 0.3) is 22.4 Å². The molecule has 0 radical (unpaired) electrons. The smallest absolute Gasteiger partial charge is 0.183 e. The third kappa shape index (κ3) is 2.35. The Bertz CT molecular complexity index is 772. The Hall–Kier alpha value is -1.83. The van der Waals surface area contributed by atoms with Crippen LogP contribution in [0, 0.1) is 10.5 Å². The average Bonchev–Trinajstić information content (AvgIpc) is 2.38. The van der Waals surface area contributed by atoms with Crippen LogP contribution in [-0.2, 0) is 0 Å². The third-order valence-corrected chi connectivity index (χ3v) is 3.34. The van der Waals surface area contributed by atoms with E-state index < -0.39 is 0 Å². The Balaban J connectivity index is 2.22. The fourth-order valence-electron chi connectivity index (χ4n) is 1.83. The van der Waals surface area contributed by atoms with Gasteiger partial charge in [-0.15, -0.1) is 0 Å². The van der Waals surface area contributed by atoms with Gasteiger partial charge in [-0.25, -0.2) is 19.9 Å². The number of aryl methyl sites for hydroxylation is 1. The molecular formula is C13H10IN5. The number of nitrogens with zero attached hydrogens (tertiary/aromatic N) is 4. The number of fused-ring (bicyclic) bond motifs is 1. The lowest BCUT2D eigenvalue weighted by Crippen LogP contribution is -2.01. The van der Waals surface area contributed by atoms with Crippen molar-refractivity contribution in [3.8, 4) is 11.3 Å². The number of nitrogens with two attached hydrogens (primary N) is 1. The summed E-state index contributed by atoms with van der Waals surface area (Å²) >= 11 is 2.26. The second-order valence-corrected chi connectivity index (χ2v) is 5.34. The molecule has 2 heterocycles. The van der Waals surface area contributed by atoms with Gasteiger partial charge in [-0.05, 0) is 41.6 Å². The van der Waals surface area contributed by atoms with Crippen molar-refractivity contribution in [3.05, 3.63) is 39.9 Å². The molecule has 0 aliphatic carbocycles. The molecule has 0 aliphatic rings. The zero-order valence-electron chi connectivity index (χ0n) is 10.1. The average molecular weight is 363 g/mol. The molecule has 0 unspecified atom stereocenters. The van der Waals surface area contributed by atoms with Crippen molar-refractivity contribution in [1.29, 1.82) is 0 Å². The van der Waals surface area contributed by atoms with Gasteiger partial charge in [0.2, 0.25) is 0 Å². The minimum Gasteiger partial charge on any atom is -0.382 e. The van der Waals surface area contributed by atoms with Gasteiger partial charge >= 0.3 is 0 Å². The number of anilines is 1. The molecule has 2 N–H and O–H groups in total. The monoisotopic (exact) mass is 363 g/mol. The van der Waals surface area contributed by atoms with E-state index in [0.29, 0.717) is 22.8 Å². The number of benzene rings is 1. The van der Waals surface area contributed by atoms with Crippen molar-refractivity contribution in [2.75, 3.05) is 5.73 Å². The van der Waals surface area contributed by atoms with Crippen LogP contribution in [0.15, 0.2) is 30.5 Å². The Morgan fingerprint density at radius 2 is 2.00 bits per heavy atom. The maximum Gasteiger partial charge on any atom is 0.183 e. The first-order valence-electron chi connectivity index (χ1n) is 5.66. The standard InChI is InChI=1S/C13H10IN5/c1-7-17-12(15)11-13(18-7)16-6-10(19-11)8-3-2-4-9(14)5-8/h2-6H,1H3,(H2,15,16,17,18). The Kier molecular flexibility index (Phi) is 3.02. The topological polar surface area (TPSA) is 77.6 Å². The number of aromatic nitrogens is 4. The van der Waals surface area contributed by atoms with Crippen LogP contribution in [0.4, 0.5) is 5.82 Å². The first-order chi connectivity index (χ1) is 9.13. The van der Waals surface area contributed by atoms with Crippen LogP contribution in [0.1, 0.15) is 5.82 Å². The van der Waals surface area contributed by atoms with Crippen LogP contribution in [0.2, 0.25) is 0 Å². The van der Waals surface area contributed by atoms with Crippen molar-refractivity contribution < 1.29 is 0 Å². The molecule has 0 fully saturated rings. The fourth-order valence-corrected chi connectivity index (χ4v) is 2.37. The van der Waals surface area contributed by atoms with Gasteiger partial charge < -0.3 is 5.73 Å². The van der Waals surface area contributed by atoms with Gasteiger partial charge in [-0.3, -0.25) is 0 Å². The maximum absolute atomic E-state index is 5.88. The summed E-state index contributed by atoms with van der Waals surface area (Å²) in [5.74, 6) is 0.962. The second kappa shape index (κ2) is 4.69. The van der Waals surface area contributed by atoms with E-state index in [1.165, 1.54) is 0 Å². The van der Waals surface area contributed by atoms with Crippen molar-refractivity contribution in [2.45, 2.75) is 6.92 Å². The van der Waals surface area contributed by atoms with E-state index in [0.717, 1.165) is 14.8 Å². The molecule has 0 atom stereocenters. The van der Waals surface area contributed by atoms with Crippen LogP contribution in [0.5, 0.6) is 0 Å². The van der Waals surface area contributed by atoms with Crippen LogP contribution >= 0.6 is 22.6 Å². The summed E-state index contributed by atoms with van der Waals surface area (Å²) in [6, 6.07) is 8.04. The number of nitrogen functional groups attached to an aromatic ring is 1. The van der Waals surface area contributed by atoms with Gasteiger partial charge in [0.05, 0.1) is 11.9 Å². The first kappa shape index (κ1) is 12.2. The minimum absolute atomic E-state index is 0.363. The summed E-state index contributed by atoms with van der Waals surface area (Å²) in [4.78, 5) is 17.2. The molecule has 3 aromatic rings. The highest BCUT2D eigenvalue weighted by molar-refractivity contribution is 14.1. The molecule has 19 heavy (non-hydrogen) atoms. The molecule has 0 saturated carbocycles. The van der Waals surface area contributed by atoms with Crippen molar-refractivity contribution in [1.82, 2.24) is 19.9 Å². The summed E-state index contributed by atoms with van der Waals surface area (Å²) in [6.45, 7) is 1.78. The lowest BCUT2D eigenvalue weighted by molar-refractivity contribution is 1.07. The van der Waals surface area contributed by atoms with Gasteiger partial charge in [-0.1, -0.05) is 12.1 Å². The number of rotatable bonds is 1. The molecule has 0 bridgehead atoms. The minimum atomic E-state index is 0.363. The lowest BCUT2D eigenvalue weighted by atomic mass is 10.2. The van der Waals surface area contributed by atoms with E-state index >= 15 is 0 Å². The van der Waals surface area contributed by atoms with Crippen molar-refractivity contribution in [2.24, 2.45) is 0 Å². The van der Waals surface area contributed by atoms with Gasteiger partial charge in [0, 0.05) is 9.13 Å². The quantitative estimate of drug-likeness (QED) is 0.673. The van der Waals surface area contributed by atoms with E-state index in [1.54, 1.807) is 13.1 Å². The Morgan fingerprint density at radius 3 is 2.79 bits per heavy atom. The van der Waals surface area contributed by atoms with E-state index in [1.807, 2.05) is 24.3 Å². The first-order valence-corrected chi connectivity index (χ1v) is 6.74. The Labute approximate surface area is 123 Å². The summed E-state index contributed by atoms with van der Waals surface area (Å²) < 4.78 is 1.14. The molecule has 0 spiro atoms. The zero-order chi connectivity index (χ0) is 13.4. The number of halogens is 1. The third-order valence-electron chi connectivity index (χ3n) is 2.67. The van der Waals surface area contributed by atoms with Gasteiger partial charge in [-0.2, -0.15) is 0 Å². The predicted molar refractivity (Wildman–Crippen MR) is 82.4 cm³/mol. The predicted octanol–water partition coefficient (Wildman–Crippen LogP) is 2.58. The number of hydrogen-bond donors (Lipinski definition) is 1.